The first-order valence-electron chi connectivity index (χ1n) is 9.49. The van der Waals surface area contributed by atoms with E-state index < -0.39 is 29.1 Å². The molecule has 1 amide bonds. The Bertz CT molecular complexity index is 802. The number of benzene rings is 1. The Labute approximate surface area is 178 Å². The summed E-state index contributed by atoms with van der Waals surface area (Å²) < 4.78 is 5.40. The number of hydrogen-bond acceptors (Lipinski definition) is 9. The van der Waals surface area contributed by atoms with Crippen molar-refractivity contribution >= 4 is 28.8 Å². The van der Waals surface area contributed by atoms with E-state index in [0.29, 0.717) is 24.9 Å². The van der Waals surface area contributed by atoms with Crippen LogP contribution in [0.4, 0.5) is 0 Å². The molecule has 1 aliphatic rings. The number of nitrogens with two attached hydrogens (primary N) is 1. The molecular formula is C19H25N3O7S. The number of amides is 1. The summed E-state index contributed by atoms with van der Waals surface area (Å²) in [6, 6.07) is 4.91. The van der Waals surface area contributed by atoms with Gasteiger partial charge in [-0.25, -0.2) is 4.79 Å². The van der Waals surface area contributed by atoms with E-state index in [-0.39, 0.29) is 29.1 Å². The normalized spacial score (nSPS) is 17.8. The number of ether oxygens (including phenoxy) is 1. The third kappa shape index (κ3) is 6.70. The molecule has 0 bridgehead atoms. The van der Waals surface area contributed by atoms with Crippen molar-refractivity contribution in [2.75, 3.05) is 12.3 Å². The molecule has 0 spiro atoms. The minimum absolute atomic E-state index is 0.187. The van der Waals surface area contributed by atoms with Crippen LogP contribution in [-0.2, 0) is 25.8 Å². The van der Waals surface area contributed by atoms with Crippen molar-refractivity contribution in [2.45, 2.75) is 45.4 Å². The minimum atomic E-state index is -0.901. The number of carbonyl (C=O) groups excluding carboxylic acids is 3. The lowest BCUT2D eigenvalue weighted by molar-refractivity contribution is -0.763. The molecule has 2 N–H and O–H groups in total. The number of likely N-dealkylation sites (tertiary alicyclic amines) is 1. The summed E-state index contributed by atoms with van der Waals surface area (Å²) in [7, 11) is 0. The Balaban J connectivity index is 1.96. The second-order valence-corrected chi connectivity index (χ2v) is 8.10. The molecule has 1 heterocycles. The Morgan fingerprint density at radius 2 is 2.10 bits per heavy atom. The van der Waals surface area contributed by atoms with Gasteiger partial charge < -0.3 is 20.2 Å². The van der Waals surface area contributed by atoms with Gasteiger partial charge in [0.25, 0.3) is 5.09 Å². The van der Waals surface area contributed by atoms with Crippen molar-refractivity contribution in [1.29, 1.82) is 0 Å². The van der Waals surface area contributed by atoms with Gasteiger partial charge in [-0.05, 0) is 37.5 Å². The fourth-order valence-corrected chi connectivity index (χ4v) is 3.80. The highest BCUT2D eigenvalue weighted by Crippen LogP contribution is 2.24. The summed E-state index contributed by atoms with van der Waals surface area (Å²) in [5, 5.41) is 9.23. The summed E-state index contributed by atoms with van der Waals surface area (Å²) in [6.07, 6.45) is 1.15. The van der Waals surface area contributed by atoms with Crippen LogP contribution < -0.4 is 10.5 Å². The topological polar surface area (TPSA) is 142 Å². The van der Waals surface area contributed by atoms with Gasteiger partial charge in [0.2, 0.25) is 11.0 Å². The van der Waals surface area contributed by atoms with Crippen LogP contribution in [0.1, 0.15) is 32.3 Å². The summed E-state index contributed by atoms with van der Waals surface area (Å²) >= 11 is 1.01. The van der Waals surface area contributed by atoms with Crippen LogP contribution >= 0.6 is 11.8 Å². The van der Waals surface area contributed by atoms with E-state index in [1.54, 1.807) is 32.0 Å². The van der Waals surface area contributed by atoms with Crippen LogP contribution in [0.5, 0.6) is 5.75 Å². The third-order valence-corrected chi connectivity index (χ3v) is 5.85. The molecule has 1 unspecified atom stereocenters. The Kier molecular flexibility index (Phi) is 8.60. The van der Waals surface area contributed by atoms with E-state index in [2.05, 4.69) is 4.84 Å². The first-order chi connectivity index (χ1) is 14.2. The molecule has 2 rings (SSSR count). The second-order valence-electron chi connectivity index (χ2n) is 7.07. The van der Waals surface area contributed by atoms with Crippen molar-refractivity contribution in [3.8, 4) is 5.75 Å². The molecule has 0 saturated carbocycles. The largest absolute Gasteiger partial charge is 0.425 e. The van der Waals surface area contributed by atoms with Gasteiger partial charge in [0.15, 0.2) is 0 Å². The van der Waals surface area contributed by atoms with E-state index in [1.807, 2.05) is 0 Å². The highest BCUT2D eigenvalue weighted by atomic mass is 32.2. The molecule has 1 aliphatic heterocycles. The molecule has 1 fully saturated rings. The predicted octanol–water partition coefficient (Wildman–Crippen LogP) is 1.53. The fourth-order valence-electron chi connectivity index (χ4n) is 2.98. The molecule has 1 aromatic rings. The average Bonchev–Trinajstić information content (AvgIpc) is 3.19. The highest BCUT2D eigenvalue weighted by Gasteiger charge is 2.37. The lowest BCUT2D eigenvalue weighted by Crippen LogP contribution is -2.45. The third-order valence-electron chi connectivity index (χ3n) is 4.53. The molecule has 1 aromatic carbocycles. The highest BCUT2D eigenvalue weighted by molar-refractivity contribution is 8.13. The van der Waals surface area contributed by atoms with Gasteiger partial charge in [-0.15, -0.1) is 10.1 Å². The second kappa shape index (κ2) is 10.9. The molecule has 164 valence electrons. The zero-order chi connectivity index (χ0) is 22.3. The van der Waals surface area contributed by atoms with Gasteiger partial charge in [0.05, 0.1) is 6.04 Å². The van der Waals surface area contributed by atoms with E-state index in [1.165, 1.54) is 11.0 Å². The van der Waals surface area contributed by atoms with Gasteiger partial charge >= 0.3 is 5.97 Å². The maximum atomic E-state index is 12.8. The summed E-state index contributed by atoms with van der Waals surface area (Å²) in [5.74, 6) is -0.730. The molecule has 0 aliphatic carbocycles. The van der Waals surface area contributed by atoms with Crippen molar-refractivity contribution in [3.63, 3.8) is 0 Å². The monoisotopic (exact) mass is 439 g/mol. The van der Waals surface area contributed by atoms with Crippen molar-refractivity contribution in [2.24, 2.45) is 11.7 Å². The summed E-state index contributed by atoms with van der Waals surface area (Å²) in [4.78, 5) is 53.2. The summed E-state index contributed by atoms with van der Waals surface area (Å²) in [5.41, 5.74) is 6.00. The van der Waals surface area contributed by atoms with E-state index in [0.717, 1.165) is 11.8 Å². The Morgan fingerprint density at radius 3 is 2.77 bits per heavy atom. The van der Waals surface area contributed by atoms with Gasteiger partial charge in [0, 0.05) is 18.2 Å². The van der Waals surface area contributed by atoms with Gasteiger partial charge in [-0.1, -0.05) is 30.8 Å². The number of esters is 1. The maximum absolute atomic E-state index is 12.8. The number of thioether (sulfide) groups is 1. The number of rotatable bonds is 9. The first-order valence-corrected chi connectivity index (χ1v) is 10.5. The smallest absolute Gasteiger partial charge is 0.334 e. The molecule has 1 saturated heterocycles. The molecular weight excluding hydrogens is 414 g/mol. The number of carbonyl (C=O) groups is 3. The average molecular weight is 439 g/mol. The van der Waals surface area contributed by atoms with Crippen LogP contribution in [-0.4, -0.2) is 51.4 Å². The van der Waals surface area contributed by atoms with Gasteiger partial charge in [-0.2, -0.15) is 0 Å². The van der Waals surface area contributed by atoms with Crippen LogP contribution in [0.15, 0.2) is 24.3 Å². The van der Waals surface area contributed by atoms with Crippen LogP contribution in [0.3, 0.4) is 0 Å². The zero-order valence-corrected chi connectivity index (χ0v) is 17.6. The van der Waals surface area contributed by atoms with Gasteiger partial charge in [-0.3, -0.25) is 9.59 Å². The van der Waals surface area contributed by atoms with Crippen LogP contribution in [0.25, 0.3) is 0 Å². The van der Waals surface area contributed by atoms with Crippen LogP contribution in [0.2, 0.25) is 0 Å². The van der Waals surface area contributed by atoms with E-state index in [9.17, 15) is 24.5 Å². The van der Waals surface area contributed by atoms with Crippen LogP contribution in [0, 0.1) is 16.0 Å². The Morgan fingerprint density at radius 1 is 1.37 bits per heavy atom. The standard InChI is InChI=1S/C19H25N3O7S/c1-12(11-30-19(25)13(2)20)17(23)21-8-4-7-16(21)18(24)29-15-6-3-5-14(9-15)10-28-22(26)27/h3,5-6,9,12-13,16H,4,7-8,10-11,20H2,1-2H3/t12-,13?,16+/m1/s1. The fraction of sp³-hybridized carbons (Fsp3) is 0.526. The van der Waals surface area contributed by atoms with Crippen molar-refractivity contribution in [1.82, 2.24) is 4.90 Å². The van der Waals surface area contributed by atoms with E-state index in [4.69, 9.17) is 10.5 Å². The van der Waals surface area contributed by atoms with Crippen molar-refractivity contribution in [3.05, 3.63) is 39.9 Å². The molecule has 10 nitrogen and oxygen atoms in total. The predicted molar refractivity (Wildman–Crippen MR) is 109 cm³/mol. The molecule has 11 heteroatoms. The number of hydrogen-bond donors (Lipinski definition) is 1. The molecule has 0 aromatic heterocycles. The lowest BCUT2D eigenvalue weighted by Gasteiger charge is -2.26. The van der Waals surface area contributed by atoms with E-state index >= 15 is 0 Å². The Hall–Kier alpha value is -2.66. The maximum Gasteiger partial charge on any atom is 0.334 e. The summed E-state index contributed by atoms with van der Waals surface area (Å²) in [6.45, 7) is 3.48. The lowest BCUT2D eigenvalue weighted by atomic mass is 10.1. The first kappa shape index (κ1) is 23.6. The molecule has 3 atom stereocenters. The SMILES string of the molecule is CC(N)C(=O)SC[C@@H](C)C(=O)N1CCC[C@H]1C(=O)Oc1cccc(CO[N+](=O)[O-])c1. The van der Waals surface area contributed by atoms with Gasteiger partial charge in [0.1, 0.15) is 18.4 Å². The molecule has 30 heavy (non-hydrogen) atoms. The zero-order valence-electron chi connectivity index (χ0n) is 16.8. The molecule has 0 radical (unpaired) electrons. The number of nitrogens with zero attached hydrogens (tertiary/aromatic N) is 2. The van der Waals surface area contributed by atoms with Crippen molar-refractivity contribution < 1.29 is 29.0 Å². The minimum Gasteiger partial charge on any atom is -0.425 e. The quantitative estimate of drug-likeness (QED) is 0.262.